The van der Waals surface area contributed by atoms with Gasteiger partial charge in [-0.25, -0.2) is 0 Å². The summed E-state index contributed by atoms with van der Waals surface area (Å²) in [7, 11) is 0. The van der Waals surface area contributed by atoms with E-state index in [1.807, 2.05) is 41.0 Å². The first-order chi connectivity index (χ1) is 10.6. The molecule has 0 radical (unpaired) electrons. The lowest BCUT2D eigenvalue weighted by Gasteiger charge is -2.37. The van der Waals surface area contributed by atoms with E-state index in [2.05, 4.69) is 6.92 Å². The number of carboxylic acids is 1. The number of amides is 1. The van der Waals surface area contributed by atoms with Crippen LogP contribution in [-0.4, -0.2) is 59.0 Å². The normalized spacial score (nSPS) is 17.3. The predicted molar refractivity (Wildman–Crippen MR) is 85.0 cm³/mol. The van der Waals surface area contributed by atoms with Crippen molar-refractivity contribution in [3.05, 3.63) is 35.4 Å². The topological polar surface area (TPSA) is 60.9 Å². The first kappa shape index (κ1) is 16.5. The number of piperazine rings is 1. The van der Waals surface area contributed by atoms with Crippen LogP contribution in [0.5, 0.6) is 0 Å². The third-order valence-corrected chi connectivity index (χ3v) is 4.32. The molecule has 1 N–H and O–H groups in total. The average Bonchev–Trinajstić information content (AvgIpc) is 2.55. The van der Waals surface area contributed by atoms with Crippen molar-refractivity contribution in [3.63, 3.8) is 0 Å². The first-order valence-corrected chi connectivity index (χ1v) is 7.91. The van der Waals surface area contributed by atoms with E-state index in [9.17, 15) is 14.7 Å². The highest BCUT2D eigenvalue weighted by molar-refractivity contribution is 5.94. The van der Waals surface area contributed by atoms with E-state index < -0.39 is 12.0 Å². The van der Waals surface area contributed by atoms with Crippen LogP contribution in [0.4, 0.5) is 0 Å². The summed E-state index contributed by atoms with van der Waals surface area (Å²) in [6, 6.07) is 7.28. The maximum absolute atomic E-state index is 12.5. The Morgan fingerprint density at radius 2 is 1.68 bits per heavy atom. The molecule has 1 atom stereocenters. The van der Waals surface area contributed by atoms with Crippen molar-refractivity contribution in [2.75, 3.05) is 26.2 Å². The second-order valence-electron chi connectivity index (χ2n) is 5.64. The van der Waals surface area contributed by atoms with E-state index in [1.165, 1.54) is 5.56 Å². The molecule has 5 heteroatoms. The quantitative estimate of drug-likeness (QED) is 0.902. The highest BCUT2D eigenvalue weighted by Crippen LogP contribution is 2.13. The van der Waals surface area contributed by atoms with E-state index >= 15 is 0 Å². The smallest absolute Gasteiger partial charge is 0.320 e. The van der Waals surface area contributed by atoms with Gasteiger partial charge in [-0.1, -0.05) is 26.0 Å². The molecule has 1 aliphatic rings. The van der Waals surface area contributed by atoms with Crippen LogP contribution < -0.4 is 0 Å². The lowest BCUT2D eigenvalue weighted by Crippen LogP contribution is -2.53. The van der Waals surface area contributed by atoms with Crippen molar-refractivity contribution in [1.29, 1.82) is 0 Å². The summed E-state index contributed by atoms with van der Waals surface area (Å²) in [6.45, 7) is 6.36. The number of hydrogen-bond acceptors (Lipinski definition) is 3. The Morgan fingerprint density at radius 1 is 1.09 bits per heavy atom. The highest BCUT2D eigenvalue weighted by atomic mass is 16.4. The molecule has 1 aliphatic heterocycles. The monoisotopic (exact) mass is 304 g/mol. The summed E-state index contributed by atoms with van der Waals surface area (Å²) < 4.78 is 0. The van der Waals surface area contributed by atoms with Gasteiger partial charge in [0.25, 0.3) is 5.91 Å². The molecule has 1 heterocycles. The highest BCUT2D eigenvalue weighted by Gasteiger charge is 2.29. The maximum Gasteiger partial charge on any atom is 0.320 e. The van der Waals surface area contributed by atoms with Crippen LogP contribution in [0.3, 0.4) is 0 Å². The molecule has 5 nitrogen and oxygen atoms in total. The Morgan fingerprint density at radius 3 is 2.14 bits per heavy atom. The molecule has 1 aromatic rings. The number of benzene rings is 1. The number of aryl methyl sites for hydroxylation is 1. The Kier molecular flexibility index (Phi) is 5.55. The van der Waals surface area contributed by atoms with Crippen LogP contribution in [0.25, 0.3) is 0 Å². The van der Waals surface area contributed by atoms with Crippen molar-refractivity contribution in [1.82, 2.24) is 9.80 Å². The molecular weight excluding hydrogens is 280 g/mol. The SMILES string of the molecule is CCc1ccc(C(=O)N2CCN([C@@H](CC)C(=O)O)CC2)cc1. The van der Waals surface area contributed by atoms with Crippen molar-refractivity contribution >= 4 is 11.9 Å². The van der Waals surface area contributed by atoms with E-state index in [1.54, 1.807) is 0 Å². The van der Waals surface area contributed by atoms with Crippen molar-refractivity contribution in [3.8, 4) is 0 Å². The van der Waals surface area contributed by atoms with Gasteiger partial charge in [0.1, 0.15) is 6.04 Å². The summed E-state index contributed by atoms with van der Waals surface area (Å²) in [5.41, 5.74) is 1.92. The summed E-state index contributed by atoms with van der Waals surface area (Å²) in [6.07, 6.45) is 1.54. The number of carbonyl (C=O) groups excluding carboxylic acids is 1. The largest absolute Gasteiger partial charge is 0.480 e. The Hall–Kier alpha value is -1.88. The molecule has 0 aliphatic carbocycles. The number of carbonyl (C=O) groups is 2. The van der Waals surface area contributed by atoms with Gasteiger partial charge in [-0.3, -0.25) is 14.5 Å². The third-order valence-electron chi connectivity index (χ3n) is 4.32. The fourth-order valence-electron chi connectivity index (χ4n) is 2.89. The van der Waals surface area contributed by atoms with Gasteiger partial charge in [-0.05, 0) is 30.5 Å². The summed E-state index contributed by atoms with van der Waals surface area (Å²) in [5, 5.41) is 9.21. The summed E-state index contributed by atoms with van der Waals surface area (Å²) >= 11 is 0. The van der Waals surface area contributed by atoms with E-state index in [0.29, 0.717) is 38.2 Å². The van der Waals surface area contributed by atoms with Gasteiger partial charge >= 0.3 is 5.97 Å². The van der Waals surface area contributed by atoms with E-state index in [4.69, 9.17) is 0 Å². The Bertz CT molecular complexity index is 519. The van der Waals surface area contributed by atoms with Crippen LogP contribution in [0.15, 0.2) is 24.3 Å². The molecule has 0 saturated carbocycles. The van der Waals surface area contributed by atoms with E-state index in [-0.39, 0.29) is 5.91 Å². The zero-order valence-corrected chi connectivity index (χ0v) is 13.3. The minimum absolute atomic E-state index is 0.0330. The molecule has 0 unspecified atom stereocenters. The summed E-state index contributed by atoms with van der Waals surface area (Å²) in [5.74, 6) is -0.747. The molecule has 0 spiro atoms. The predicted octanol–water partition coefficient (Wildman–Crippen LogP) is 1.87. The molecule has 1 aromatic carbocycles. The van der Waals surface area contributed by atoms with Gasteiger partial charge in [-0.15, -0.1) is 0 Å². The minimum Gasteiger partial charge on any atom is -0.480 e. The van der Waals surface area contributed by atoms with Gasteiger partial charge in [0.15, 0.2) is 0 Å². The van der Waals surface area contributed by atoms with Crippen molar-refractivity contribution in [2.45, 2.75) is 32.7 Å². The van der Waals surface area contributed by atoms with E-state index in [0.717, 1.165) is 6.42 Å². The van der Waals surface area contributed by atoms with Gasteiger partial charge in [-0.2, -0.15) is 0 Å². The Balaban J connectivity index is 1.95. The number of hydrogen-bond donors (Lipinski definition) is 1. The summed E-state index contributed by atoms with van der Waals surface area (Å²) in [4.78, 5) is 27.4. The van der Waals surface area contributed by atoms with Crippen LogP contribution in [0.2, 0.25) is 0 Å². The average molecular weight is 304 g/mol. The maximum atomic E-state index is 12.5. The number of aliphatic carboxylic acids is 1. The number of nitrogens with zero attached hydrogens (tertiary/aromatic N) is 2. The first-order valence-electron chi connectivity index (χ1n) is 7.91. The van der Waals surface area contributed by atoms with Crippen LogP contribution in [0.1, 0.15) is 36.2 Å². The zero-order valence-electron chi connectivity index (χ0n) is 13.3. The second kappa shape index (κ2) is 7.40. The second-order valence-corrected chi connectivity index (χ2v) is 5.64. The van der Waals surface area contributed by atoms with Gasteiger partial charge in [0, 0.05) is 31.7 Å². The third kappa shape index (κ3) is 3.65. The fourth-order valence-corrected chi connectivity index (χ4v) is 2.89. The lowest BCUT2D eigenvalue weighted by molar-refractivity contribution is -0.144. The molecule has 1 amide bonds. The van der Waals surface area contributed by atoms with Gasteiger partial charge < -0.3 is 10.0 Å². The fraction of sp³-hybridized carbons (Fsp3) is 0.529. The molecule has 0 aromatic heterocycles. The Labute approximate surface area is 131 Å². The molecule has 1 saturated heterocycles. The van der Waals surface area contributed by atoms with Crippen molar-refractivity contribution in [2.24, 2.45) is 0 Å². The lowest BCUT2D eigenvalue weighted by atomic mass is 10.1. The number of rotatable bonds is 5. The van der Waals surface area contributed by atoms with Gasteiger partial charge in [0.2, 0.25) is 0 Å². The standard InChI is InChI=1S/C17H24N2O3/c1-3-13-5-7-14(8-6-13)16(20)19-11-9-18(10-12-19)15(4-2)17(21)22/h5-8,15H,3-4,9-12H2,1-2H3,(H,21,22)/t15-/m0/s1. The molecule has 2 rings (SSSR count). The van der Waals surface area contributed by atoms with Crippen LogP contribution in [0, 0.1) is 0 Å². The minimum atomic E-state index is -0.780. The molecule has 22 heavy (non-hydrogen) atoms. The number of carboxylic acid groups (broad SMARTS) is 1. The molecule has 120 valence electrons. The van der Waals surface area contributed by atoms with Crippen LogP contribution >= 0.6 is 0 Å². The zero-order chi connectivity index (χ0) is 16.1. The molecule has 1 fully saturated rings. The van der Waals surface area contributed by atoms with Gasteiger partial charge in [0.05, 0.1) is 0 Å². The molecular formula is C17H24N2O3. The van der Waals surface area contributed by atoms with Crippen LogP contribution in [-0.2, 0) is 11.2 Å². The molecule has 0 bridgehead atoms. The van der Waals surface area contributed by atoms with Crippen molar-refractivity contribution < 1.29 is 14.7 Å².